The number of rotatable bonds is 6. The number of benzene rings is 11. The van der Waals surface area contributed by atoms with Gasteiger partial charge in [-0.2, -0.15) is 0 Å². The highest BCUT2D eigenvalue weighted by Gasteiger charge is 2.46. The van der Waals surface area contributed by atoms with Crippen molar-refractivity contribution < 1.29 is 0 Å². The van der Waals surface area contributed by atoms with E-state index in [4.69, 9.17) is 4.98 Å². The lowest BCUT2D eigenvalue weighted by Gasteiger charge is -2.45. The molecule has 3 aliphatic heterocycles. The van der Waals surface area contributed by atoms with Gasteiger partial charge in [-0.15, -0.1) is 0 Å². The average molecular weight is 937 g/mol. The predicted octanol–water partition coefficient (Wildman–Crippen LogP) is 9.39. The molecule has 340 valence electrons. The molecule has 7 heteroatoms. The maximum absolute atomic E-state index is 5.50. The molecule has 0 aliphatic carbocycles. The van der Waals surface area contributed by atoms with Crippen molar-refractivity contribution >= 4 is 114 Å². The summed E-state index contributed by atoms with van der Waals surface area (Å²) in [6.45, 7) is -0.251. The standard InChI is InChI=1S/C67H43B3N4/c1-4-22-44(23-5-1)47-28-10-13-31-50(47)68-53-34-16-18-39-60(53)72-63-42-58-64(43-57(63)69(55-36-20-35-54(68)65(55)72)51-32-14-11-29-48(51)45-24-6-2-7-25-45)74-66-56(70(58)52-33-15-12-30-49(52)46-26-8-3-9-27-46)37-21-41-62(66)73-61-40-19-17-38-59(61)71-67(73)74/h1-43H. The normalized spacial score (nSPS) is 13.0. The molecule has 4 nitrogen and oxygen atoms in total. The summed E-state index contributed by atoms with van der Waals surface area (Å²) in [5.74, 6) is 0.924. The second-order valence-corrected chi connectivity index (χ2v) is 20.1. The van der Waals surface area contributed by atoms with Crippen LogP contribution in [-0.2, 0) is 0 Å². The molecule has 0 atom stereocenters. The molecule has 0 amide bonds. The van der Waals surface area contributed by atoms with Crippen molar-refractivity contribution in [1.82, 2.24) is 14.0 Å². The minimum absolute atomic E-state index is 0.0219. The number of fused-ring (bicyclic) bond motifs is 11. The molecule has 0 N–H and O–H groups in total. The first-order valence-electron chi connectivity index (χ1n) is 25.8. The van der Waals surface area contributed by atoms with Crippen molar-refractivity contribution in [3.8, 4) is 39.1 Å². The van der Waals surface area contributed by atoms with Crippen molar-refractivity contribution in [2.45, 2.75) is 0 Å². The van der Waals surface area contributed by atoms with Gasteiger partial charge in [0.05, 0.1) is 22.1 Å². The minimum atomic E-state index is -0.124. The lowest BCUT2D eigenvalue weighted by molar-refractivity contribution is 1.12. The van der Waals surface area contributed by atoms with E-state index >= 15 is 0 Å². The number of para-hydroxylation sites is 5. The molecular weight excluding hydrogens is 893 g/mol. The summed E-state index contributed by atoms with van der Waals surface area (Å²) in [5.41, 5.74) is 28.2. The van der Waals surface area contributed by atoms with Crippen LogP contribution in [0.4, 0.5) is 17.1 Å². The molecule has 0 saturated carbocycles. The molecule has 11 aromatic carbocycles. The zero-order valence-electron chi connectivity index (χ0n) is 40.3. The van der Waals surface area contributed by atoms with Crippen LogP contribution in [0.15, 0.2) is 261 Å². The number of hydrogen-bond donors (Lipinski definition) is 0. The van der Waals surface area contributed by atoms with Gasteiger partial charge in [-0.1, -0.05) is 241 Å². The van der Waals surface area contributed by atoms with Crippen LogP contribution in [0.1, 0.15) is 0 Å². The third-order valence-corrected chi connectivity index (χ3v) is 16.3. The second-order valence-electron chi connectivity index (χ2n) is 20.1. The molecule has 74 heavy (non-hydrogen) atoms. The molecule has 0 unspecified atom stereocenters. The van der Waals surface area contributed by atoms with E-state index in [0.717, 1.165) is 28.0 Å². The van der Waals surface area contributed by atoms with Crippen LogP contribution < -0.4 is 54.1 Å². The fourth-order valence-corrected chi connectivity index (χ4v) is 13.4. The minimum Gasteiger partial charge on any atom is -0.313 e. The summed E-state index contributed by atoms with van der Waals surface area (Å²) >= 11 is 0. The molecule has 0 saturated heterocycles. The van der Waals surface area contributed by atoms with Crippen molar-refractivity contribution in [2.75, 3.05) is 4.90 Å². The van der Waals surface area contributed by atoms with Crippen molar-refractivity contribution in [1.29, 1.82) is 0 Å². The van der Waals surface area contributed by atoms with E-state index in [-0.39, 0.29) is 20.1 Å². The Hall–Kier alpha value is -9.32. The maximum atomic E-state index is 5.50. The van der Waals surface area contributed by atoms with Gasteiger partial charge in [0.25, 0.3) is 0 Å². The maximum Gasteiger partial charge on any atom is 0.247 e. The Morgan fingerprint density at radius 3 is 1.32 bits per heavy atom. The van der Waals surface area contributed by atoms with E-state index < -0.39 is 0 Å². The molecule has 0 spiro atoms. The highest BCUT2D eigenvalue weighted by molar-refractivity contribution is 7.03. The topological polar surface area (TPSA) is 25.5 Å². The Kier molecular flexibility index (Phi) is 8.99. The molecule has 5 heterocycles. The van der Waals surface area contributed by atoms with E-state index in [9.17, 15) is 0 Å². The molecular formula is C67H43B3N4. The fourth-order valence-electron chi connectivity index (χ4n) is 13.4. The highest BCUT2D eigenvalue weighted by atomic mass is 15.2. The van der Waals surface area contributed by atoms with Crippen LogP contribution in [-0.4, -0.2) is 34.1 Å². The molecule has 3 aliphatic rings. The monoisotopic (exact) mass is 936 g/mol. The molecule has 16 rings (SSSR count). The lowest BCUT2D eigenvalue weighted by Crippen LogP contribution is -2.66. The first kappa shape index (κ1) is 41.3. The van der Waals surface area contributed by atoms with E-state index in [2.05, 4.69) is 275 Å². The lowest BCUT2D eigenvalue weighted by atomic mass is 9.29. The summed E-state index contributed by atoms with van der Waals surface area (Å²) in [6.07, 6.45) is 0. The van der Waals surface area contributed by atoms with Crippen LogP contribution in [0.5, 0.6) is 0 Å². The summed E-state index contributed by atoms with van der Waals surface area (Å²) in [4.78, 5) is 8.15. The number of hydrogen-bond acceptors (Lipinski definition) is 2. The Bertz CT molecular complexity index is 4410. The molecule has 0 bridgehead atoms. The zero-order chi connectivity index (χ0) is 48.4. The van der Waals surface area contributed by atoms with Gasteiger partial charge in [-0.05, 0) is 103 Å². The van der Waals surface area contributed by atoms with E-state index in [1.807, 2.05) is 0 Å². The average Bonchev–Trinajstić information content (AvgIpc) is 4.02. The summed E-state index contributed by atoms with van der Waals surface area (Å²) in [5, 5.41) is 0. The van der Waals surface area contributed by atoms with E-state index in [0.29, 0.717) is 0 Å². The Labute approximate surface area is 430 Å². The fraction of sp³-hybridized carbons (Fsp3) is 0. The van der Waals surface area contributed by atoms with E-state index in [1.165, 1.54) is 105 Å². The number of aromatic nitrogens is 3. The SMILES string of the molecule is c1ccc(-c2ccccc2B2c3ccccc3N3c4cc5c(cc4B(c4ccccc4-c4ccccc4)c4cccc2c43)-n2c3c(cccc3n3c4ccccc4nc23)B5c2ccccc2-c2ccccc2)cc1. The largest absolute Gasteiger partial charge is 0.313 e. The molecule has 0 radical (unpaired) electrons. The molecule has 2 aromatic heterocycles. The van der Waals surface area contributed by atoms with Gasteiger partial charge in [-0.3, -0.25) is 8.97 Å². The second kappa shape index (κ2) is 16.1. The zero-order valence-corrected chi connectivity index (χ0v) is 40.3. The molecule has 13 aromatic rings. The van der Waals surface area contributed by atoms with Crippen molar-refractivity contribution in [3.63, 3.8) is 0 Å². The van der Waals surface area contributed by atoms with E-state index in [1.54, 1.807) is 0 Å². The number of anilines is 3. The Morgan fingerprint density at radius 2 is 0.716 bits per heavy atom. The number of imidazole rings is 2. The number of nitrogens with zero attached hydrogens (tertiary/aromatic N) is 4. The smallest absolute Gasteiger partial charge is 0.247 e. The quantitative estimate of drug-likeness (QED) is 0.156. The highest BCUT2D eigenvalue weighted by Crippen LogP contribution is 2.40. The van der Waals surface area contributed by atoms with Crippen LogP contribution in [0.25, 0.3) is 66.9 Å². The Morgan fingerprint density at radius 1 is 0.297 bits per heavy atom. The first-order chi connectivity index (χ1) is 36.8. The van der Waals surface area contributed by atoms with Gasteiger partial charge in [0.15, 0.2) is 0 Å². The van der Waals surface area contributed by atoms with Gasteiger partial charge in [0.1, 0.15) is 0 Å². The van der Waals surface area contributed by atoms with Crippen LogP contribution >= 0.6 is 0 Å². The van der Waals surface area contributed by atoms with Gasteiger partial charge < -0.3 is 4.90 Å². The summed E-state index contributed by atoms with van der Waals surface area (Å²) in [6, 6.07) is 97.1. The van der Waals surface area contributed by atoms with Gasteiger partial charge in [0, 0.05) is 22.7 Å². The van der Waals surface area contributed by atoms with Crippen LogP contribution in [0.2, 0.25) is 0 Å². The van der Waals surface area contributed by atoms with Gasteiger partial charge >= 0.3 is 0 Å². The van der Waals surface area contributed by atoms with Gasteiger partial charge in [-0.25, -0.2) is 4.98 Å². The van der Waals surface area contributed by atoms with Gasteiger partial charge in [0.2, 0.25) is 25.9 Å². The Balaban J connectivity index is 1.04. The summed E-state index contributed by atoms with van der Waals surface area (Å²) < 4.78 is 4.88. The third-order valence-electron chi connectivity index (χ3n) is 16.3. The third kappa shape index (κ3) is 5.86. The summed E-state index contributed by atoms with van der Waals surface area (Å²) in [7, 11) is 0. The van der Waals surface area contributed by atoms with Crippen LogP contribution in [0.3, 0.4) is 0 Å². The first-order valence-corrected chi connectivity index (χ1v) is 25.8. The van der Waals surface area contributed by atoms with Crippen molar-refractivity contribution in [2.24, 2.45) is 0 Å². The van der Waals surface area contributed by atoms with Crippen molar-refractivity contribution in [3.05, 3.63) is 261 Å². The molecule has 0 fully saturated rings. The predicted molar refractivity (Wildman–Crippen MR) is 314 cm³/mol. The van der Waals surface area contributed by atoms with Crippen LogP contribution in [0, 0.1) is 0 Å².